The van der Waals surface area contributed by atoms with E-state index in [0.717, 1.165) is 0 Å². The summed E-state index contributed by atoms with van der Waals surface area (Å²) >= 11 is 0. The molecule has 0 radical (unpaired) electrons. The van der Waals surface area contributed by atoms with E-state index >= 15 is 0 Å². The molecular weight excluding hydrogens is 448 g/mol. The molecule has 0 fully saturated rings. The molecule has 2 heterocycles. The average Bonchev–Trinajstić information content (AvgIpc) is 3.28. The highest BCUT2D eigenvalue weighted by molar-refractivity contribution is 5.99. The molecule has 10 nitrogen and oxygen atoms in total. The molecule has 0 aliphatic rings. The van der Waals surface area contributed by atoms with Gasteiger partial charge < -0.3 is 25.1 Å². The van der Waals surface area contributed by atoms with Crippen LogP contribution in [0, 0.1) is 0 Å². The lowest BCUT2D eigenvalue weighted by Crippen LogP contribution is -2.21. The number of hydrogen-bond donors (Lipinski definition) is 3. The third-order valence-electron chi connectivity index (χ3n) is 5.00. The van der Waals surface area contributed by atoms with Crippen molar-refractivity contribution in [3.8, 4) is 11.5 Å². The van der Waals surface area contributed by atoms with E-state index < -0.39 is 12.0 Å². The molecule has 2 aromatic carbocycles. The lowest BCUT2D eigenvalue weighted by Gasteiger charge is -2.15. The van der Waals surface area contributed by atoms with Crippen molar-refractivity contribution in [2.24, 2.45) is 0 Å². The lowest BCUT2D eigenvalue weighted by atomic mass is 10.1. The number of anilines is 2. The SMILES string of the molecule is CN(C)CC=CC(=O)Nc1ccc(-c2nc3c(N[C@H](C(=O)O)c4ccccc4)ncnc3o2)cc1. The fourth-order valence-electron chi connectivity index (χ4n) is 3.30. The van der Waals surface area contributed by atoms with Gasteiger partial charge in [0, 0.05) is 23.9 Å². The van der Waals surface area contributed by atoms with E-state index in [4.69, 9.17) is 4.42 Å². The average molecular weight is 473 g/mol. The predicted octanol–water partition coefficient (Wildman–Crippen LogP) is 3.58. The summed E-state index contributed by atoms with van der Waals surface area (Å²) in [5, 5.41) is 15.4. The Balaban J connectivity index is 1.53. The highest BCUT2D eigenvalue weighted by Gasteiger charge is 2.23. The van der Waals surface area contributed by atoms with Gasteiger partial charge in [-0.3, -0.25) is 4.79 Å². The predicted molar refractivity (Wildman–Crippen MR) is 132 cm³/mol. The summed E-state index contributed by atoms with van der Waals surface area (Å²) in [7, 11) is 3.84. The molecule has 0 spiro atoms. The number of nitrogens with zero attached hydrogens (tertiary/aromatic N) is 4. The normalized spacial score (nSPS) is 12.2. The summed E-state index contributed by atoms with van der Waals surface area (Å²) < 4.78 is 5.79. The first kappa shape index (κ1) is 23.6. The molecule has 10 heteroatoms. The first-order valence-electron chi connectivity index (χ1n) is 10.8. The van der Waals surface area contributed by atoms with Crippen molar-refractivity contribution in [1.29, 1.82) is 0 Å². The number of carboxylic acid groups (broad SMARTS) is 1. The van der Waals surface area contributed by atoms with Gasteiger partial charge in [0.1, 0.15) is 6.33 Å². The van der Waals surface area contributed by atoms with Gasteiger partial charge in [0.25, 0.3) is 5.71 Å². The minimum absolute atomic E-state index is 0.220. The number of rotatable bonds is 9. The molecule has 0 aliphatic heterocycles. The van der Waals surface area contributed by atoms with Crippen LogP contribution in [0.15, 0.2) is 77.5 Å². The number of hydrogen-bond acceptors (Lipinski definition) is 8. The van der Waals surface area contributed by atoms with Gasteiger partial charge in [-0.15, -0.1) is 0 Å². The van der Waals surface area contributed by atoms with Crippen LogP contribution in [0.2, 0.25) is 0 Å². The quantitative estimate of drug-likeness (QED) is 0.313. The third kappa shape index (κ3) is 5.87. The Morgan fingerprint density at radius 2 is 1.83 bits per heavy atom. The second-order valence-electron chi connectivity index (χ2n) is 7.95. The van der Waals surface area contributed by atoms with Gasteiger partial charge in [0.15, 0.2) is 17.4 Å². The van der Waals surface area contributed by atoms with Gasteiger partial charge in [-0.2, -0.15) is 4.98 Å². The third-order valence-corrected chi connectivity index (χ3v) is 5.00. The van der Waals surface area contributed by atoms with Crippen molar-refractivity contribution in [1.82, 2.24) is 19.9 Å². The van der Waals surface area contributed by atoms with Crippen LogP contribution in [0.1, 0.15) is 11.6 Å². The van der Waals surface area contributed by atoms with Crippen molar-refractivity contribution in [2.75, 3.05) is 31.3 Å². The van der Waals surface area contributed by atoms with E-state index in [1.807, 2.05) is 25.1 Å². The van der Waals surface area contributed by atoms with Crippen LogP contribution in [0.25, 0.3) is 22.7 Å². The number of benzene rings is 2. The molecule has 0 bridgehead atoms. The number of fused-ring (bicyclic) bond motifs is 1. The molecule has 0 unspecified atom stereocenters. The van der Waals surface area contributed by atoms with Crippen LogP contribution in [0.5, 0.6) is 0 Å². The fourth-order valence-corrected chi connectivity index (χ4v) is 3.30. The van der Waals surface area contributed by atoms with Crippen LogP contribution in [0.3, 0.4) is 0 Å². The smallest absolute Gasteiger partial charge is 0.330 e. The van der Waals surface area contributed by atoms with Crippen molar-refractivity contribution in [3.05, 3.63) is 78.6 Å². The summed E-state index contributed by atoms with van der Waals surface area (Å²) in [5.74, 6) is -0.742. The van der Waals surface area contributed by atoms with E-state index in [9.17, 15) is 14.7 Å². The van der Waals surface area contributed by atoms with Gasteiger partial charge in [0.05, 0.1) is 0 Å². The lowest BCUT2D eigenvalue weighted by molar-refractivity contribution is -0.138. The largest absolute Gasteiger partial charge is 0.479 e. The highest BCUT2D eigenvalue weighted by atomic mass is 16.4. The number of aromatic nitrogens is 3. The number of likely N-dealkylation sites (N-methyl/N-ethyl adjacent to an activating group) is 1. The standard InChI is InChI=1S/C25H24N6O4/c1-31(2)14-6-9-19(32)28-18-12-10-17(11-13-18)23-30-21-22(26-15-27-24(21)35-23)29-20(25(33)34)16-7-4-3-5-8-16/h3-13,15,20H,14H2,1-2H3,(H,28,32)(H,33,34)(H,26,27,29)/t20-/m0/s1. The van der Waals surface area contributed by atoms with Crippen molar-refractivity contribution in [3.63, 3.8) is 0 Å². The van der Waals surface area contributed by atoms with E-state index in [2.05, 4.69) is 25.6 Å². The summed E-state index contributed by atoms with van der Waals surface area (Å²) in [5.41, 5.74) is 2.39. The molecular formula is C25H24N6O4. The minimum atomic E-state index is -1.05. The van der Waals surface area contributed by atoms with E-state index in [0.29, 0.717) is 34.8 Å². The second kappa shape index (κ2) is 10.6. The number of carboxylic acids is 1. The Labute approximate surface area is 201 Å². The molecule has 4 aromatic rings. The Morgan fingerprint density at radius 3 is 2.51 bits per heavy atom. The van der Waals surface area contributed by atoms with Crippen LogP contribution >= 0.6 is 0 Å². The Morgan fingerprint density at radius 1 is 1.09 bits per heavy atom. The van der Waals surface area contributed by atoms with Gasteiger partial charge in [0.2, 0.25) is 11.8 Å². The van der Waals surface area contributed by atoms with Crippen molar-refractivity contribution >= 4 is 34.6 Å². The molecule has 2 aromatic heterocycles. The van der Waals surface area contributed by atoms with Crippen molar-refractivity contribution < 1.29 is 19.1 Å². The summed E-state index contributed by atoms with van der Waals surface area (Å²) in [6.07, 6.45) is 4.55. The second-order valence-corrected chi connectivity index (χ2v) is 7.95. The van der Waals surface area contributed by atoms with Crippen LogP contribution in [-0.4, -0.2) is 57.5 Å². The maximum absolute atomic E-state index is 12.0. The van der Waals surface area contributed by atoms with E-state index in [-0.39, 0.29) is 17.4 Å². The summed E-state index contributed by atoms with van der Waals surface area (Å²) in [6, 6.07) is 14.8. The zero-order valence-corrected chi connectivity index (χ0v) is 19.2. The number of nitrogens with one attached hydrogen (secondary N) is 2. The van der Waals surface area contributed by atoms with E-state index in [1.165, 1.54) is 12.4 Å². The highest BCUT2D eigenvalue weighted by Crippen LogP contribution is 2.29. The Bertz CT molecular complexity index is 1350. The molecule has 35 heavy (non-hydrogen) atoms. The topological polar surface area (TPSA) is 133 Å². The molecule has 0 saturated heterocycles. The maximum atomic E-state index is 12.0. The number of carbonyl (C=O) groups is 2. The monoisotopic (exact) mass is 472 g/mol. The number of oxazole rings is 1. The minimum Gasteiger partial charge on any atom is -0.479 e. The molecule has 4 rings (SSSR count). The molecule has 3 N–H and O–H groups in total. The number of carbonyl (C=O) groups excluding carboxylic acids is 1. The zero-order valence-electron chi connectivity index (χ0n) is 19.2. The van der Waals surface area contributed by atoms with Crippen molar-refractivity contribution in [2.45, 2.75) is 6.04 Å². The summed E-state index contributed by atoms with van der Waals surface area (Å²) in [6.45, 7) is 0.669. The molecule has 0 aliphatic carbocycles. The first-order chi connectivity index (χ1) is 16.9. The number of aliphatic carboxylic acids is 1. The fraction of sp³-hybridized carbons (Fsp3) is 0.160. The van der Waals surface area contributed by atoms with Crippen LogP contribution in [0.4, 0.5) is 11.5 Å². The molecule has 0 saturated carbocycles. The Hall–Kier alpha value is -4.57. The molecule has 1 amide bonds. The maximum Gasteiger partial charge on any atom is 0.330 e. The van der Waals surface area contributed by atoms with Crippen LogP contribution < -0.4 is 10.6 Å². The van der Waals surface area contributed by atoms with Gasteiger partial charge >= 0.3 is 5.97 Å². The molecule has 178 valence electrons. The Kier molecular flexibility index (Phi) is 7.12. The van der Waals surface area contributed by atoms with Crippen LogP contribution in [-0.2, 0) is 9.59 Å². The van der Waals surface area contributed by atoms with Gasteiger partial charge in [-0.25, -0.2) is 14.8 Å². The van der Waals surface area contributed by atoms with Gasteiger partial charge in [-0.05, 0) is 43.9 Å². The number of amides is 1. The van der Waals surface area contributed by atoms with E-state index in [1.54, 1.807) is 54.6 Å². The first-order valence-corrected chi connectivity index (χ1v) is 10.8. The molecule has 1 atom stereocenters. The van der Waals surface area contributed by atoms with Gasteiger partial charge in [-0.1, -0.05) is 36.4 Å². The summed E-state index contributed by atoms with van der Waals surface area (Å²) in [4.78, 5) is 38.6. The zero-order chi connectivity index (χ0) is 24.8.